The number of thiazole rings is 1. The van der Waals surface area contributed by atoms with Crippen molar-refractivity contribution in [2.24, 2.45) is 0 Å². The van der Waals surface area contributed by atoms with Crippen molar-refractivity contribution in [2.45, 2.75) is 13.3 Å². The van der Waals surface area contributed by atoms with Crippen molar-refractivity contribution < 1.29 is 14.3 Å². The minimum absolute atomic E-state index is 0.133. The summed E-state index contributed by atoms with van der Waals surface area (Å²) < 4.78 is 13.6. The molecular weight excluding hydrogens is 255 g/mol. The van der Waals surface area contributed by atoms with Gasteiger partial charge in [0, 0.05) is 23.4 Å². The molecule has 0 unspecified atom stereocenters. The molecule has 0 saturated heterocycles. The van der Waals surface area contributed by atoms with Gasteiger partial charge >= 0.3 is 0 Å². The van der Waals surface area contributed by atoms with Crippen LogP contribution < -0.4 is 5.32 Å². The lowest BCUT2D eigenvalue weighted by Crippen LogP contribution is -2.08. The van der Waals surface area contributed by atoms with Gasteiger partial charge in [0.25, 0.3) is 0 Å². The smallest absolute Gasteiger partial charge is 0.225 e. The summed E-state index contributed by atoms with van der Waals surface area (Å²) in [6.45, 7) is 1.74. The number of rotatable bonds is 3. The number of anilines is 1. The zero-order chi connectivity index (χ0) is 13.1. The Morgan fingerprint density at radius 3 is 3.00 bits per heavy atom. The molecule has 0 aliphatic carbocycles. The Balaban J connectivity index is 2.26. The summed E-state index contributed by atoms with van der Waals surface area (Å²) in [5.74, 6) is -0.818. The number of carbonyl (C=O) groups excluding carboxylic acids is 1. The van der Waals surface area contributed by atoms with Gasteiger partial charge in [-0.15, -0.1) is 11.3 Å². The largest absolute Gasteiger partial charge is 0.508 e. The fourth-order valence-electron chi connectivity index (χ4n) is 1.37. The standard InChI is InChI=1S/C12H11FN2O2S/c1-2-11(17)15-12-14-10(6-18-12)8-4-3-7(16)5-9(8)13/h3-6,16H,2H2,1H3,(H,14,15,17). The monoisotopic (exact) mass is 266 g/mol. The molecule has 0 atom stereocenters. The van der Waals surface area contributed by atoms with E-state index in [1.54, 1.807) is 12.3 Å². The average molecular weight is 266 g/mol. The number of phenols is 1. The van der Waals surface area contributed by atoms with E-state index in [0.717, 1.165) is 6.07 Å². The van der Waals surface area contributed by atoms with Crippen LogP contribution in [0.4, 0.5) is 9.52 Å². The summed E-state index contributed by atoms with van der Waals surface area (Å²) in [6, 6.07) is 3.87. The van der Waals surface area contributed by atoms with E-state index in [9.17, 15) is 9.18 Å². The lowest BCUT2D eigenvalue weighted by atomic mass is 10.1. The number of benzene rings is 1. The Labute approximate surface area is 107 Å². The van der Waals surface area contributed by atoms with Crippen molar-refractivity contribution in [2.75, 3.05) is 5.32 Å². The molecule has 0 bridgehead atoms. The van der Waals surface area contributed by atoms with Crippen LogP contribution in [-0.4, -0.2) is 16.0 Å². The zero-order valence-corrected chi connectivity index (χ0v) is 10.4. The maximum Gasteiger partial charge on any atom is 0.225 e. The Morgan fingerprint density at radius 2 is 2.33 bits per heavy atom. The number of amides is 1. The lowest BCUT2D eigenvalue weighted by Gasteiger charge is -2.00. The van der Waals surface area contributed by atoms with Crippen LogP contribution in [0.1, 0.15) is 13.3 Å². The molecule has 0 aliphatic heterocycles. The lowest BCUT2D eigenvalue weighted by molar-refractivity contribution is -0.115. The van der Waals surface area contributed by atoms with Gasteiger partial charge in [0.2, 0.25) is 5.91 Å². The minimum Gasteiger partial charge on any atom is -0.508 e. The minimum atomic E-state index is -0.548. The van der Waals surface area contributed by atoms with Crippen LogP contribution >= 0.6 is 11.3 Å². The van der Waals surface area contributed by atoms with Crippen molar-refractivity contribution in [1.29, 1.82) is 0 Å². The second kappa shape index (κ2) is 5.14. The number of aromatic nitrogens is 1. The molecule has 0 radical (unpaired) electrons. The number of nitrogens with one attached hydrogen (secondary N) is 1. The summed E-state index contributed by atoms with van der Waals surface area (Å²) >= 11 is 1.23. The van der Waals surface area contributed by atoms with E-state index in [-0.39, 0.29) is 11.7 Å². The Kier molecular flexibility index (Phi) is 3.57. The molecule has 0 fully saturated rings. The third-order valence-electron chi connectivity index (χ3n) is 2.30. The molecule has 2 N–H and O–H groups in total. The highest BCUT2D eigenvalue weighted by atomic mass is 32.1. The van der Waals surface area contributed by atoms with Gasteiger partial charge in [-0.05, 0) is 12.1 Å². The molecule has 0 spiro atoms. The molecule has 1 amide bonds. The van der Waals surface area contributed by atoms with Crippen LogP contribution in [0.3, 0.4) is 0 Å². The molecule has 1 heterocycles. The molecule has 1 aromatic heterocycles. The van der Waals surface area contributed by atoms with Gasteiger partial charge in [-0.1, -0.05) is 6.92 Å². The van der Waals surface area contributed by atoms with Crippen LogP contribution in [0, 0.1) is 5.82 Å². The van der Waals surface area contributed by atoms with Gasteiger partial charge in [-0.25, -0.2) is 9.37 Å². The molecule has 0 saturated carbocycles. The van der Waals surface area contributed by atoms with Gasteiger partial charge in [0.05, 0.1) is 5.69 Å². The molecule has 6 heteroatoms. The summed E-state index contributed by atoms with van der Waals surface area (Å²) in [6.07, 6.45) is 0.364. The van der Waals surface area contributed by atoms with Gasteiger partial charge in [-0.3, -0.25) is 4.79 Å². The molecule has 18 heavy (non-hydrogen) atoms. The normalized spacial score (nSPS) is 10.3. The maximum absolute atomic E-state index is 13.6. The molecule has 94 valence electrons. The van der Waals surface area contributed by atoms with E-state index < -0.39 is 5.82 Å². The van der Waals surface area contributed by atoms with E-state index in [1.165, 1.54) is 23.5 Å². The molecular formula is C12H11FN2O2S. The summed E-state index contributed by atoms with van der Waals surface area (Å²) in [4.78, 5) is 15.3. The van der Waals surface area contributed by atoms with Crippen molar-refractivity contribution >= 4 is 22.4 Å². The Bertz CT molecular complexity index is 583. The molecule has 2 rings (SSSR count). The van der Waals surface area contributed by atoms with Crippen LogP contribution in [-0.2, 0) is 4.79 Å². The van der Waals surface area contributed by atoms with Crippen molar-refractivity contribution in [3.63, 3.8) is 0 Å². The number of nitrogens with zero attached hydrogens (tertiary/aromatic N) is 1. The summed E-state index contributed by atoms with van der Waals surface area (Å²) in [5, 5.41) is 13.8. The second-order valence-corrected chi connectivity index (χ2v) is 4.46. The third-order valence-corrected chi connectivity index (χ3v) is 3.06. The number of hydrogen-bond acceptors (Lipinski definition) is 4. The van der Waals surface area contributed by atoms with E-state index in [2.05, 4.69) is 10.3 Å². The zero-order valence-electron chi connectivity index (χ0n) is 9.61. The molecule has 2 aromatic rings. The predicted octanol–water partition coefficient (Wildman–Crippen LogP) is 3.00. The first-order chi connectivity index (χ1) is 8.60. The molecule has 0 aliphatic rings. The highest BCUT2D eigenvalue weighted by Gasteiger charge is 2.11. The highest BCUT2D eigenvalue weighted by molar-refractivity contribution is 7.14. The van der Waals surface area contributed by atoms with Gasteiger partial charge in [-0.2, -0.15) is 0 Å². The number of phenolic OH excluding ortho intramolecular Hbond substituents is 1. The van der Waals surface area contributed by atoms with Crippen LogP contribution in [0.15, 0.2) is 23.6 Å². The second-order valence-electron chi connectivity index (χ2n) is 3.60. The number of carbonyl (C=O) groups is 1. The highest BCUT2D eigenvalue weighted by Crippen LogP contribution is 2.28. The molecule has 4 nitrogen and oxygen atoms in total. The van der Waals surface area contributed by atoms with Crippen molar-refractivity contribution in [1.82, 2.24) is 4.98 Å². The number of aromatic hydroxyl groups is 1. The van der Waals surface area contributed by atoms with Crippen molar-refractivity contribution in [3.05, 3.63) is 29.4 Å². The topological polar surface area (TPSA) is 62.2 Å². The quantitative estimate of drug-likeness (QED) is 0.897. The van der Waals surface area contributed by atoms with Gasteiger partial charge in [0.1, 0.15) is 11.6 Å². The van der Waals surface area contributed by atoms with Crippen LogP contribution in [0.25, 0.3) is 11.3 Å². The van der Waals surface area contributed by atoms with Crippen molar-refractivity contribution in [3.8, 4) is 17.0 Å². The maximum atomic E-state index is 13.6. The number of halogens is 1. The fraction of sp³-hybridized carbons (Fsp3) is 0.167. The summed E-state index contributed by atoms with van der Waals surface area (Å²) in [5.41, 5.74) is 0.727. The SMILES string of the molecule is CCC(=O)Nc1nc(-c2ccc(O)cc2F)cs1. The first-order valence-corrected chi connectivity index (χ1v) is 6.22. The third kappa shape index (κ3) is 2.65. The van der Waals surface area contributed by atoms with E-state index >= 15 is 0 Å². The van der Waals surface area contributed by atoms with Crippen LogP contribution in [0.2, 0.25) is 0 Å². The van der Waals surface area contributed by atoms with E-state index in [1.807, 2.05) is 0 Å². The summed E-state index contributed by atoms with van der Waals surface area (Å²) in [7, 11) is 0. The first-order valence-electron chi connectivity index (χ1n) is 5.34. The Morgan fingerprint density at radius 1 is 1.56 bits per heavy atom. The van der Waals surface area contributed by atoms with Gasteiger partial charge in [0.15, 0.2) is 5.13 Å². The van der Waals surface area contributed by atoms with Crippen LogP contribution in [0.5, 0.6) is 5.75 Å². The average Bonchev–Trinajstić information content (AvgIpc) is 2.77. The van der Waals surface area contributed by atoms with E-state index in [4.69, 9.17) is 5.11 Å². The van der Waals surface area contributed by atoms with Gasteiger partial charge < -0.3 is 10.4 Å². The van der Waals surface area contributed by atoms with E-state index in [0.29, 0.717) is 22.8 Å². The fourth-order valence-corrected chi connectivity index (χ4v) is 2.10. The first kappa shape index (κ1) is 12.5. The number of hydrogen-bond donors (Lipinski definition) is 2. The Hall–Kier alpha value is -1.95. The predicted molar refractivity (Wildman–Crippen MR) is 68.1 cm³/mol. The molecule has 1 aromatic carbocycles.